The van der Waals surface area contributed by atoms with Crippen LogP contribution in [0, 0.1) is 35.3 Å². The molecule has 0 saturated carbocycles. The van der Waals surface area contributed by atoms with Crippen molar-refractivity contribution in [2.24, 2.45) is 0 Å². The predicted octanol–water partition coefficient (Wildman–Crippen LogP) is 3.59. The Morgan fingerprint density at radius 3 is 2.55 bits per heavy atom. The van der Waals surface area contributed by atoms with Crippen molar-refractivity contribution in [1.29, 1.82) is 5.26 Å². The van der Waals surface area contributed by atoms with Gasteiger partial charge in [-0.15, -0.1) is 11.3 Å². The molecule has 1 N–H and O–H groups in total. The van der Waals surface area contributed by atoms with Gasteiger partial charge in [-0.25, -0.2) is 4.98 Å². The van der Waals surface area contributed by atoms with E-state index in [1.807, 2.05) is 19.9 Å². The van der Waals surface area contributed by atoms with Gasteiger partial charge in [0.25, 0.3) is 11.2 Å². The minimum Gasteiger partial charge on any atom is -0.493 e. The van der Waals surface area contributed by atoms with Gasteiger partial charge in [-0.1, -0.05) is 0 Å². The van der Waals surface area contributed by atoms with Gasteiger partial charge in [0.05, 0.1) is 41.7 Å². The van der Waals surface area contributed by atoms with Crippen LogP contribution in [0.15, 0.2) is 16.9 Å². The summed E-state index contributed by atoms with van der Waals surface area (Å²) in [6.07, 6.45) is 1.29. The lowest BCUT2D eigenvalue weighted by atomic mass is 10.1. The second-order valence-corrected chi connectivity index (χ2v) is 7.27. The highest BCUT2D eigenvalue weighted by molar-refractivity contribution is 7.18. The number of ether oxygens (including phenoxy) is 2. The van der Waals surface area contributed by atoms with Gasteiger partial charge in [-0.3, -0.25) is 14.9 Å². The highest BCUT2D eigenvalue weighted by atomic mass is 32.1. The predicted molar refractivity (Wildman–Crippen MR) is 109 cm³/mol. The van der Waals surface area contributed by atoms with Gasteiger partial charge in [-0.2, -0.15) is 5.26 Å². The molecule has 29 heavy (non-hydrogen) atoms. The summed E-state index contributed by atoms with van der Waals surface area (Å²) in [7, 11) is 2.77. The van der Waals surface area contributed by atoms with E-state index in [0.717, 1.165) is 10.4 Å². The summed E-state index contributed by atoms with van der Waals surface area (Å²) >= 11 is 1.35. The Balaban J connectivity index is 2.24. The number of aromatic amines is 1. The first kappa shape index (κ1) is 20.0. The van der Waals surface area contributed by atoms with Crippen LogP contribution in [0.25, 0.3) is 21.9 Å². The zero-order valence-corrected chi connectivity index (χ0v) is 16.8. The van der Waals surface area contributed by atoms with Gasteiger partial charge >= 0.3 is 0 Å². The fraction of sp³-hybridized carbons (Fsp3) is 0.211. The third kappa shape index (κ3) is 3.55. The van der Waals surface area contributed by atoms with Gasteiger partial charge in [0, 0.05) is 4.88 Å². The number of allylic oxidation sites excluding steroid dienone is 1. The average molecular weight is 412 g/mol. The van der Waals surface area contributed by atoms with Gasteiger partial charge < -0.3 is 14.5 Å². The number of aromatic nitrogens is 2. The largest absolute Gasteiger partial charge is 0.493 e. The van der Waals surface area contributed by atoms with Gasteiger partial charge in [0.1, 0.15) is 10.9 Å². The number of H-pyrrole nitrogens is 1. The number of rotatable bonds is 5. The molecule has 0 fully saturated rings. The van der Waals surface area contributed by atoms with Gasteiger partial charge in [0.2, 0.25) is 0 Å². The smallest absolute Gasteiger partial charge is 0.280 e. The van der Waals surface area contributed by atoms with E-state index in [4.69, 9.17) is 9.47 Å². The van der Waals surface area contributed by atoms with Crippen LogP contribution in [0.1, 0.15) is 21.8 Å². The van der Waals surface area contributed by atoms with E-state index in [-0.39, 0.29) is 39.7 Å². The number of hydrogen-bond donors (Lipinski definition) is 1. The molecular formula is C19H16N4O5S. The van der Waals surface area contributed by atoms with Crippen molar-refractivity contribution in [3.63, 3.8) is 0 Å². The summed E-state index contributed by atoms with van der Waals surface area (Å²) in [4.78, 5) is 31.8. The highest BCUT2D eigenvalue weighted by Crippen LogP contribution is 2.36. The summed E-state index contributed by atoms with van der Waals surface area (Å²) in [5, 5.41) is 21.6. The van der Waals surface area contributed by atoms with Crippen molar-refractivity contribution >= 4 is 38.9 Å². The SMILES string of the molecule is COc1cc(/C=C(\C#N)c2nc3sc(C)c(C)c3c(=O)[nH]2)c([N+](=O)[O-])cc1OC. The molecule has 0 amide bonds. The van der Waals surface area contributed by atoms with Crippen LogP contribution >= 0.6 is 11.3 Å². The maximum absolute atomic E-state index is 12.5. The van der Waals surface area contributed by atoms with Crippen LogP contribution < -0.4 is 15.0 Å². The van der Waals surface area contributed by atoms with E-state index in [1.165, 1.54) is 43.8 Å². The van der Waals surface area contributed by atoms with Crippen LogP contribution in [-0.2, 0) is 0 Å². The molecule has 0 aliphatic heterocycles. The molecule has 0 bridgehead atoms. The molecule has 0 radical (unpaired) electrons. The van der Waals surface area contributed by atoms with Crippen LogP contribution in [0.3, 0.4) is 0 Å². The van der Waals surface area contributed by atoms with Crippen molar-refractivity contribution in [3.8, 4) is 17.6 Å². The fourth-order valence-corrected chi connectivity index (χ4v) is 3.88. The standard InChI is InChI=1S/C19H16N4O5S/c1-9-10(2)29-19-16(9)18(24)21-17(22-19)12(8-20)5-11-6-14(27-3)15(28-4)7-13(11)23(25)26/h5-7H,1-4H3,(H,21,22,24)/b12-5+. The second-order valence-electron chi connectivity index (χ2n) is 6.07. The quantitative estimate of drug-likeness (QED) is 0.385. The Labute approximate surface area is 169 Å². The Kier molecular flexibility index (Phi) is 5.34. The maximum Gasteiger partial charge on any atom is 0.280 e. The number of benzene rings is 1. The lowest BCUT2D eigenvalue weighted by Crippen LogP contribution is -2.11. The van der Waals surface area contributed by atoms with E-state index < -0.39 is 4.92 Å². The van der Waals surface area contributed by atoms with Gasteiger partial charge in [-0.05, 0) is 31.6 Å². The van der Waals surface area contributed by atoms with Crippen molar-refractivity contribution in [3.05, 3.63) is 54.4 Å². The van der Waals surface area contributed by atoms with Crippen molar-refractivity contribution in [1.82, 2.24) is 9.97 Å². The zero-order valence-electron chi connectivity index (χ0n) is 16.0. The number of nitriles is 1. The van der Waals surface area contributed by atoms with Crippen LogP contribution in [0.5, 0.6) is 11.5 Å². The second kappa shape index (κ2) is 7.73. The molecule has 9 nitrogen and oxygen atoms in total. The van der Waals surface area contributed by atoms with Crippen LogP contribution in [-0.4, -0.2) is 29.1 Å². The molecule has 148 valence electrons. The van der Waals surface area contributed by atoms with E-state index >= 15 is 0 Å². The molecule has 3 rings (SSSR count). The molecule has 0 spiro atoms. The molecule has 10 heteroatoms. The number of nitrogens with zero attached hydrogens (tertiary/aromatic N) is 3. The molecule has 0 aliphatic rings. The third-order valence-electron chi connectivity index (χ3n) is 4.44. The first-order valence-corrected chi connectivity index (χ1v) is 9.15. The minimum absolute atomic E-state index is 0.0250. The molecule has 2 heterocycles. The van der Waals surface area contributed by atoms with Gasteiger partial charge in [0.15, 0.2) is 17.3 Å². The summed E-state index contributed by atoms with van der Waals surface area (Å²) < 4.78 is 10.3. The highest BCUT2D eigenvalue weighted by Gasteiger charge is 2.20. The van der Waals surface area contributed by atoms with E-state index in [9.17, 15) is 20.2 Å². The molecular weight excluding hydrogens is 396 g/mol. The van der Waals surface area contributed by atoms with Crippen molar-refractivity contribution in [2.45, 2.75) is 13.8 Å². The first-order valence-electron chi connectivity index (χ1n) is 8.33. The summed E-state index contributed by atoms with van der Waals surface area (Å²) in [6.45, 7) is 3.72. The summed E-state index contributed by atoms with van der Waals surface area (Å²) in [5.74, 6) is 0.491. The molecule has 2 aromatic heterocycles. The van der Waals surface area contributed by atoms with E-state index in [2.05, 4.69) is 9.97 Å². The number of aryl methyl sites for hydroxylation is 2. The number of fused-ring (bicyclic) bond motifs is 1. The Morgan fingerprint density at radius 1 is 1.31 bits per heavy atom. The molecule has 0 atom stereocenters. The fourth-order valence-electron chi connectivity index (χ4n) is 2.85. The number of thiophene rings is 1. The van der Waals surface area contributed by atoms with Crippen LogP contribution in [0.2, 0.25) is 0 Å². The monoisotopic (exact) mass is 412 g/mol. The topological polar surface area (TPSA) is 131 Å². The molecule has 0 unspecified atom stereocenters. The Bertz CT molecular complexity index is 1270. The first-order chi connectivity index (χ1) is 13.8. The van der Waals surface area contributed by atoms with Crippen molar-refractivity contribution < 1.29 is 14.4 Å². The number of nitro groups is 1. The molecule has 1 aromatic carbocycles. The number of nitrogens with one attached hydrogen (secondary N) is 1. The normalized spacial score (nSPS) is 11.3. The lowest BCUT2D eigenvalue weighted by Gasteiger charge is -2.09. The molecule has 0 saturated heterocycles. The Morgan fingerprint density at radius 2 is 1.97 bits per heavy atom. The average Bonchev–Trinajstić information content (AvgIpc) is 2.99. The molecule has 0 aliphatic carbocycles. The van der Waals surface area contributed by atoms with E-state index in [1.54, 1.807) is 0 Å². The lowest BCUT2D eigenvalue weighted by molar-refractivity contribution is -0.385. The summed E-state index contributed by atoms with van der Waals surface area (Å²) in [5.41, 5.74) is 0.285. The minimum atomic E-state index is -0.589. The van der Waals surface area contributed by atoms with E-state index in [0.29, 0.717) is 10.2 Å². The third-order valence-corrected chi connectivity index (χ3v) is 5.55. The number of methoxy groups -OCH3 is 2. The van der Waals surface area contributed by atoms with Crippen LogP contribution in [0.4, 0.5) is 5.69 Å². The zero-order chi connectivity index (χ0) is 21.3. The molecule has 3 aromatic rings. The Hall–Kier alpha value is -3.71. The number of hydrogen-bond acceptors (Lipinski definition) is 8. The number of nitro benzene ring substituents is 1. The maximum atomic E-state index is 12.5. The summed E-state index contributed by atoms with van der Waals surface area (Å²) in [6, 6.07) is 4.56. The van der Waals surface area contributed by atoms with Crippen molar-refractivity contribution in [2.75, 3.05) is 14.2 Å².